The number of hydrogen-bond donors (Lipinski definition) is 0. The van der Waals surface area contributed by atoms with E-state index in [2.05, 4.69) is 40.1 Å². The van der Waals surface area contributed by atoms with E-state index in [0.717, 1.165) is 95.7 Å². The minimum absolute atomic E-state index is 0.00483. The smallest absolute Gasteiger partial charge is 0.269 e. The van der Waals surface area contributed by atoms with Crippen LogP contribution >= 0.6 is 0 Å². The fourth-order valence-corrected chi connectivity index (χ4v) is 8.33. The first-order valence-electron chi connectivity index (χ1n) is 13.6. The fourth-order valence-electron chi connectivity index (χ4n) is 6.71. The van der Waals surface area contributed by atoms with Crippen LogP contribution in [0.15, 0.2) is 21.4 Å². The Hall–Kier alpha value is -1.83. The Bertz CT molecular complexity index is 998. The van der Waals surface area contributed by atoms with Crippen LogP contribution in [0.3, 0.4) is 0 Å². The van der Waals surface area contributed by atoms with E-state index >= 15 is 0 Å². The molecule has 3 saturated heterocycles. The highest BCUT2D eigenvalue weighted by Gasteiger charge is 2.56. The zero-order chi connectivity index (χ0) is 25.5. The molecule has 3 atom stereocenters. The van der Waals surface area contributed by atoms with E-state index in [1.165, 1.54) is 0 Å². The van der Waals surface area contributed by atoms with Crippen molar-refractivity contribution < 1.29 is 9.00 Å². The molecular formula is C26H39BN6O2S. The number of hydrogen-bond acceptors (Lipinski definition) is 5. The second kappa shape index (κ2) is 10.1. The molecular weight excluding hydrogens is 471 g/mol. The Balaban J connectivity index is 1.20. The van der Waals surface area contributed by atoms with Crippen molar-refractivity contribution in [3.63, 3.8) is 0 Å². The number of piperidine rings is 1. The van der Waals surface area contributed by atoms with Crippen LogP contribution in [0.1, 0.15) is 58.8 Å². The van der Waals surface area contributed by atoms with Crippen LogP contribution < -0.4 is 0 Å². The van der Waals surface area contributed by atoms with Gasteiger partial charge in [-0.25, -0.2) is 23.1 Å². The van der Waals surface area contributed by atoms with Crippen molar-refractivity contribution in [1.82, 2.24) is 13.5 Å². The Morgan fingerprint density at radius 3 is 2.42 bits per heavy atom. The molecule has 36 heavy (non-hydrogen) atoms. The third kappa shape index (κ3) is 4.86. The largest absolute Gasteiger partial charge is 0.296 e. The van der Waals surface area contributed by atoms with E-state index < -0.39 is 11.2 Å². The summed E-state index contributed by atoms with van der Waals surface area (Å²) >= 11 is -1.09. The van der Waals surface area contributed by atoms with Crippen LogP contribution in [-0.2, 0) is 16.0 Å². The lowest BCUT2D eigenvalue weighted by Crippen LogP contribution is -2.65. The lowest BCUT2D eigenvalue weighted by molar-refractivity contribution is -0.118. The molecule has 0 aromatic carbocycles. The van der Waals surface area contributed by atoms with Gasteiger partial charge in [0.25, 0.3) is 6.71 Å². The first-order chi connectivity index (χ1) is 17.3. The molecule has 194 valence electrons. The molecule has 3 aliphatic heterocycles. The van der Waals surface area contributed by atoms with Gasteiger partial charge in [-0.3, -0.25) is 14.7 Å². The molecule has 0 aromatic rings. The van der Waals surface area contributed by atoms with Gasteiger partial charge in [-0.15, -0.1) is 0 Å². The zero-order valence-corrected chi connectivity index (χ0v) is 22.6. The normalized spacial score (nSPS) is 31.3. The molecule has 0 radical (unpaired) electrons. The first-order valence-corrected chi connectivity index (χ1v) is 14.7. The summed E-state index contributed by atoms with van der Waals surface area (Å²) in [6.45, 7) is 11.7. The summed E-state index contributed by atoms with van der Waals surface area (Å²) in [6, 6.07) is 0.362. The highest BCUT2D eigenvalue weighted by atomic mass is 32.2. The molecule has 1 spiro atoms. The number of aliphatic imine (C=N–C) groups is 2. The molecule has 8 nitrogen and oxygen atoms in total. The lowest BCUT2D eigenvalue weighted by Gasteiger charge is -2.56. The molecule has 5 fully saturated rings. The van der Waals surface area contributed by atoms with Crippen molar-refractivity contribution in [3.05, 3.63) is 11.4 Å². The summed E-state index contributed by atoms with van der Waals surface area (Å²) in [5, 5.41) is 9.04. The van der Waals surface area contributed by atoms with E-state index in [-0.39, 0.29) is 29.6 Å². The van der Waals surface area contributed by atoms with Crippen LogP contribution in [0.4, 0.5) is 0 Å². The molecule has 3 heterocycles. The number of carbonyl (C=O) groups excluding carboxylic acids is 1. The quantitative estimate of drug-likeness (QED) is 0.271. The van der Waals surface area contributed by atoms with Gasteiger partial charge in [-0.05, 0) is 62.0 Å². The van der Waals surface area contributed by atoms with E-state index in [9.17, 15) is 9.00 Å². The van der Waals surface area contributed by atoms with E-state index in [0.29, 0.717) is 11.7 Å². The molecule has 0 bridgehead atoms. The predicted octanol–water partition coefficient (Wildman–Crippen LogP) is 3.33. The topological polar surface area (TPSA) is 92.4 Å². The van der Waals surface area contributed by atoms with E-state index in [4.69, 9.17) is 10.3 Å². The third-order valence-electron chi connectivity index (χ3n) is 9.42. The maximum Gasteiger partial charge on any atom is 0.269 e. The van der Waals surface area contributed by atoms with Crippen molar-refractivity contribution in [2.45, 2.75) is 83.5 Å². The summed E-state index contributed by atoms with van der Waals surface area (Å²) in [5.41, 5.74) is 1.30. The summed E-state index contributed by atoms with van der Waals surface area (Å²) < 4.78 is 17.2. The van der Waals surface area contributed by atoms with Crippen LogP contribution in [0.2, 0.25) is 12.6 Å². The molecule has 2 saturated carbocycles. The van der Waals surface area contributed by atoms with Crippen molar-refractivity contribution in [1.29, 1.82) is 5.26 Å². The SMILES string of the molecule is C=N/C(=C(\C=NC1CCN(S(=O)N2CC3(CB(C#N)C3)C2)CC1)C1(C)CC1)N(C=O)C1CCCC1C. The standard InChI is InChI=1S/C26H39BN6O2S/c1-20-5-4-6-23(20)33(19-34)24(29-3)22(25(2)9-10-25)13-30-21-7-11-31(12-8-21)36(35)32-16-26(17-32)14-27(15-26)18-28/h13,19-21,23H,3-12,14-17H2,1-2H3/b24-22-,30-13?. The van der Waals surface area contributed by atoms with Gasteiger partial charge in [-0.1, -0.05) is 32.9 Å². The predicted molar refractivity (Wildman–Crippen MR) is 145 cm³/mol. The number of rotatable bonds is 9. The van der Waals surface area contributed by atoms with Crippen molar-refractivity contribution >= 4 is 37.2 Å². The maximum absolute atomic E-state index is 13.1. The highest BCUT2D eigenvalue weighted by Crippen LogP contribution is 2.53. The second-order valence-corrected chi connectivity index (χ2v) is 13.6. The van der Waals surface area contributed by atoms with Gasteiger partial charge in [0, 0.05) is 50.0 Å². The Morgan fingerprint density at radius 1 is 1.19 bits per heavy atom. The average molecular weight is 511 g/mol. The number of amides is 1. The van der Waals surface area contributed by atoms with Gasteiger partial charge in [0.05, 0.1) is 6.04 Å². The van der Waals surface area contributed by atoms with Crippen LogP contribution in [0.5, 0.6) is 0 Å². The van der Waals surface area contributed by atoms with Crippen molar-refractivity contribution in [2.24, 2.45) is 26.7 Å². The zero-order valence-electron chi connectivity index (χ0n) is 21.8. The highest BCUT2D eigenvalue weighted by molar-refractivity contribution is 7.80. The Morgan fingerprint density at radius 2 is 1.89 bits per heavy atom. The third-order valence-corrected chi connectivity index (χ3v) is 10.9. The number of carbonyl (C=O) groups is 1. The minimum atomic E-state index is -1.09. The molecule has 5 aliphatic rings. The second-order valence-electron chi connectivity index (χ2n) is 12.1. The fraction of sp³-hybridized carbons (Fsp3) is 0.769. The number of allylic oxidation sites excluding steroid dienone is 1. The monoisotopic (exact) mass is 510 g/mol. The first kappa shape index (κ1) is 25.8. The number of nitrogens with zero attached hydrogens (tertiary/aromatic N) is 6. The van der Waals surface area contributed by atoms with Gasteiger partial charge in [-0.2, -0.15) is 0 Å². The van der Waals surface area contributed by atoms with Crippen molar-refractivity contribution in [2.75, 3.05) is 26.2 Å². The summed E-state index contributed by atoms with van der Waals surface area (Å²) in [5.74, 6) is 3.50. The summed E-state index contributed by atoms with van der Waals surface area (Å²) in [7, 11) is 0. The van der Waals surface area contributed by atoms with Crippen molar-refractivity contribution in [3.8, 4) is 5.97 Å². The van der Waals surface area contributed by atoms with Crippen LogP contribution in [-0.4, -0.2) is 82.0 Å². The summed E-state index contributed by atoms with van der Waals surface area (Å²) in [6.07, 6.45) is 12.0. The molecule has 10 heteroatoms. The molecule has 1 amide bonds. The Kier molecular flexibility index (Phi) is 7.28. The van der Waals surface area contributed by atoms with Gasteiger partial charge >= 0.3 is 0 Å². The number of nitriles is 1. The molecule has 0 aromatic heterocycles. The lowest BCUT2D eigenvalue weighted by atomic mass is 9.26. The molecule has 5 rings (SSSR count). The Labute approximate surface area is 218 Å². The maximum atomic E-state index is 13.1. The van der Waals surface area contributed by atoms with E-state index in [1.807, 2.05) is 11.1 Å². The van der Waals surface area contributed by atoms with Crippen LogP contribution in [0.25, 0.3) is 0 Å². The van der Waals surface area contributed by atoms with Gasteiger partial charge in [0.15, 0.2) is 11.2 Å². The summed E-state index contributed by atoms with van der Waals surface area (Å²) in [4.78, 5) is 23.4. The van der Waals surface area contributed by atoms with Gasteiger partial charge in [0.2, 0.25) is 6.41 Å². The van der Waals surface area contributed by atoms with Crippen LogP contribution in [0, 0.1) is 28.0 Å². The molecule has 0 N–H and O–H groups in total. The van der Waals surface area contributed by atoms with Gasteiger partial charge < -0.3 is 0 Å². The van der Waals surface area contributed by atoms with Gasteiger partial charge in [0.1, 0.15) is 5.82 Å². The average Bonchev–Trinajstić information content (AvgIpc) is 3.44. The van der Waals surface area contributed by atoms with E-state index in [1.54, 1.807) is 0 Å². The molecule has 3 unspecified atom stereocenters. The minimum Gasteiger partial charge on any atom is -0.296 e. The molecule has 2 aliphatic carbocycles.